The van der Waals surface area contributed by atoms with Crippen molar-refractivity contribution < 1.29 is 64.8 Å². The molecule has 7 nitrogen and oxygen atoms in total. The molecule has 2 bridgehead atoms. The molecule has 0 saturated carbocycles. The van der Waals surface area contributed by atoms with Gasteiger partial charge in [0.05, 0.1) is 12.7 Å². The molecule has 0 aliphatic carbocycles. The zero-order valence-corrected chi connectivity index (χ0v) is 25.8. The molecule has 0 aromatic heterocycles. The predicted octanol–water partition coefficient (Wildman–Crippen LogP) is 4.68. The maximum atomic E-state index is 11.7. The molecule has 5 atom stereocenters. The van der Waals surface area contributed by atoms with Crippen molar-refractivity contribution in [3.05, 3.63) is 77.2 Å². The van der Waals surface area contributed by atoms with E-state index >= 15 is 0 Å². The number of carbonyl (C=O) groups is 2. The minimum atomic E-state index is -1.25. The van der Waals surface area contributed by atoms with Crippen LogP contribution in [0.2, 0.25) is 5.02 Å². The normalized spacial score (nSPS) is 25.9. The molecule has 2 aromatic carbocycles. The van der Waals surface area contributed by atoms with E-state index in [1.807, 2.05) is 0 Å². The first-order valence-electron chi connectivity index (χ1n) is 11.5. The van der Waals surface area contributed by atoms with Gasteiger partial charge in [0.1, 0.15) is 17.8 Å². The Hall–Kier alpha value is -1.40. The summed E-state index contributed by atoms with van der Waals surface area (Å²) in [6, 6.07) is 15.1. The van der Waals surface area contributed by atoms with Crippen LogP contribution in [-0.4, -0.2) is 41.5 Å². The maximum absolute atomic E-state index is 11.7. The molecule has 9 heteroatoms. The van der Waals surface area contributed by atoms with E-state index in [4.69, 9.17) is 30.5 Å². The third kappa shape index (κ3) is 6.53. The summed E-state index contributed by atoms with van der Waals surface area (Å²) < 4.78 is 23.7. The van der Waals surface area contributed by atoms with Gasteiger partial charge in [-0.1, -0.05) is 17.7 Å². The molecule has 3 unspecified atom stereocenters. The Labute approximate surface area is 241 Å². The second-order valence-corrected chi connectivity index (χ2v) is 8.98. The van der Waals surface area contributed by atoms with Gasteiger partial charge in [0, 0.05) is 42.8 Å². The summed E-state index contributed by atoms with van der Waals surface area (Å²) in [5.41, 5.74) is 0.787. The van der Waals surface area contributed by atoms with Crippen molar-refractivity contribution in [2.24, 2.45) is 0 Å². The summed E-state index contributed by atoms with van der Waals surface area (Å²) in [4.78, 5) is 23.4. The molecule has 2 heterocycles. The van der Waals surface area contributed by atoms with Crippen molar-refractivity contribution >= 4 is 23.5 Å². The minimum absolute atomic E-state index is 0. The quantitative estimate of drug-likeness (QED) is 0.340. The number of benzene rings is 2. The second-order valence-electron chi connectivity index (χ2n) is 8.57. The van der Waals surface area contributed by atoms with Gasteiger partial charge in [-0.2, -0.15) is 37.3 Å². The van der Waals surface area contributed by atoms with Crippen LogP contribution in [0.15, 0.2) is 42.5 Å². The van der Waals surface area contributed by atoms with Gasteiger partial charge in [-0.3, -0.25) is 9.59 Å². The molecule has 2 aliphatic heterocycles. The average Bonchev–Trinajstić information content (AvgIpc) is 3.12. The number of fused-ring (bicyclic) bond motifs is 2. The smallest absolute Gasteiger partial charge is 0.462 e. The van der Waals surface area contributed by atoms with Gasteiger partial charge >= 0.3 is 43.1 Å². The first kappa shape index (κ1) is 30.8. The molecule has 4 rings (SSSR count). The summed E-state index contributed by atoms with van der Waals surface area (Å²) in [5, 5.41) is 11.4. The first-order valence-corrected chi connectivity index (χ1v) is 11.9. The van der Waals surface area contributed by atoms with E-state index in [1.165, 1.54) is 13.8 Å². The Bertz CT molecular complexity index is 1050. The van der Waals surface area contributed by atoms with Gasteiger partial charge in [0.15, 0.2) is 5.79 Å². The van der Waals surface area contributed by atoms with E-state index in [0.29, 0.717) is 28.1 Å². The van der Waals surface area contributed by atoms with E-state index in [9.17, 15) is 14.7 Å². The number of hydrogen-bond donors (Lipinski definition) is 1. The van der Waals surface area contributed by atoms with Crippen LogP contribution >= 0.6 is 11.6 Å². The van der Waals surface area contributed by atoms with E-state index < -0.39 is 41.6 Å². The standard InChI is InChI=1S/C25H26ClO7.C2H5.U/c1-15(31-16(2)27)24-12-20(32-17(3)28)13-25(33-24,30-14-24)19-9-10-22(26)21(11-19)23(29)18-7-5-4-6-8-18;1-2;/h5-11,15,20,23,29H,12-14H2,1-3H3;1H2,2H3;/q2*-1;+2/t15?,20-,23?,24+,25?;;/m0../s1. The van der Waals surface area contributed by atoms with Gasteiger partial charge in [-0.25, -0.2) is 0 Å². The van der Waals surface area contributed by atoms with Crippen LogP contribution in [0.5, 0.6) is 0 Å². The van der Waals surface area contributed by atoms with Crippen LogP contribution in [0.4, 0.5) is 0 Å². The number of aliphatic hydroxyl groups is 1. The fraction of sp³-hybridized carbons (Fsp3) is 0.444. The number of halogens is 1. The molecule has 192 valence electrons. The van der Waals surface area contributed by atoms with Gasteiger partial charge in [-0.05, 0) is 19.1 Å². The van der Waals surface area contributed by atoms with Crippen molar-refractivity contribution in [1.82, 2.24) is 0 Å². The number of hydrogen-bond acceptors (Lipinski definition) is 7. The zero-order valence-electron chi connectivity index (χ0n) is 20.9. The van der Waals surface area contributed by atoms with Gasteiger partial charge in [0.25, 0.3) is 0 Å². The summed E-state index contributed by atoms with van der Waals surface area (Å²) in [6.45, 7) is 9.56. The van der Waals surface area contributed by atoms with E-state index in [2.05, 4.69) is 13.0 Å². The Morgan fingerprint density at radius 2 is 1.83 bits per heavy atom. The Kier molecular flexibility index (Phi) is 11.1. The summed E-state index contributed by atoms with van der Waals surface area (Å²) in [6.07, 6.45) is -1.54. The van der Waals surface area contributed by atoms with Gasteiger partial charge < -0.3 is 31.0 Å². The topological polar surface area (TPSA) is 91.3 Å². The largest absolute Gasteiger partial charge is 2.00 e. The number of carbonyl (C=O) groups excluding carboxylic acids is 2. The molecule has 2 fully saturated rings. The van der Waals surface area contributed by atoms with Crippen molar-refractivity contribution in [2.45, 2.75) is 70.2 Å². The van der Waals surface area contributed by atoms with E-state index in [0.717, 1.165) is 0 Å². The van der Waals surface area contributed by atoms with Crippen molar-refractivity contribution in [2.75, 3.05) is 6.61 Å². The number of rotatable bonds is 6. The Morgan fingerprint density at radius 1 is 1.17 bits per heavy atom. The SMILES string of the molecule is CC(=O)OC(C)[C@]12COC(c3ccc(Cl)c(C(O)c4cc[c-]cc4)c3)(C[C@@H](OC(C)=O)C1)O2.[CH2-]C.[U+2]. The Balaban J connectivity index is 0.00000148. The van der Waals surface area contributed by atoms with Gasteiger partial charge in [0.2, 0.25) is 0 Å². The van der Waals surface area contributed by atoms with Crippen LogP contribution in [-0.2, 0) is 34.3 Å². The number of ether oxygens (including phenoxy) is 4. The average molecular weight is 741 g/mol. The maximum Gasteiger partial charge on any atom is 2.00 e. The monoisotopic (exact) mass is 740 g/mol. The minimum Gasteiger partial charge on any atom is -0.462 e. The fourth-order valence-electron chi connectivity index (χ4n) is 4.64. The molecular formula is C27H31ClO7U. The van der Waals surface area contributed by atoms with Crippen LogP contribution < -0.4 is 0 Å². The molecule has 2 aliphatic rings. The van der Waals surface area contributed by atoms with E-state index in [-0.39, 0.29) is 44.1 Å². The third-order valence-electron chi connectivity index (χ3n) is 6.19. The van der Waals surface area contributed by atoms with Crippen LogP contribution in [0.1, 0.15) is 63.3 Å². The zero-order chi connectivity index (χ0) is 25.8. The summed E-state index contributed by atoms with van der Waals surface area (Å²) in [5.74, 6) is -2.11. The summed E-state index contributed by atoms with van der Waals surface area (Å²) in [7, 11) is 0. The fourth-order valence-corrected chi connectivity index (χ4v) is 4.86. The summed E-state index contributed by atoms with van der Waals surface area (Å²) >= 11 is 6.44. The molecule has 1 N–H and O–H groups in total. The molecular weight excluding hydrogens is 710 g/mol. The molecule has 0 spiro atoms. The predicted molar refractivity (Wildman–Crippen MR) is 129 cm³/mol. The van der Waals surface area contributed by atoms with Crippen molar-refractivity contribution in [3.8, 4) is 0 Å². The third-order valence-corrected chi connectivity index (χ3v) is 6.54. The van der Waals surface area contributed by atoms with Crippen LogP contribution in [0.3, 0.4) is 0 Å². The van der Waals surface area contributed by atoms with Crippen molar-refractivity contribution in [3.63, 3.8) is 0 Å². The Morgan fingerprint density at radius 3 is 2.44 bits per heavy atom. The molecule has 36 heavy (non-hydrogen) atoms. The number of esters is 2. The second kappa shape index (κ2) is 12.9. The van der Waals surface area contributed by atoms with Crippen LogP contribution in [0, 0.1) is 44.1 Å². The van der Waals surface area contributed by atoms with E-state index in [1.54, 1.807) is 56.3 Å². The van der Waals surface area contributed by atoms with Crippen LogP contribution in [0.25, 0.3) is 0 Å². The van der Waals surface area contributed by atoms with Gasteiger partial charge in [-0.15, -0.1) is 5.56 Å². The van der Waals surface area contributed by atoms with Crippen molar-refractivity contribution in [1.29, 1.82) is 0 Å². The molecule has 2 aromatic rings. The molecule has 0 radical (unpaired) electrons. The number of aliphatic hydroxyl groups excluding tert-OH is 1. The molecule has 2 saturated heterocycles. The molecule has 0 amide bonds. The first-order chi connectivity index (χ1) is 16.6.